The number of aliphatic hydroxyl groups is 1. The molecule has 0 saturated carbocycles. The zero-order valence-electron chi connectivity index (χ0n) is 11.6. The minimum atomic E-state index is -0.00282. The molecule has 5 heteroatoms. The highest BCUT2D eigenvalue weighted by Crippen LogP contribution is 2.32. The predicted octanol–water partition coefficient (Wildman–Crippen LogP) is 3.64. The fourth-order valence-electron chi connectivity index (χ4n) is 1.51. The smallest absolute Gasteiger partial charge is 0.142 e. The van der Waals surface area contributed by atoms with Gasteiger partial charge in [-0.1, -0.05) is 23.2 Å². The highest BCUT2D eigenvalue weighted by Gasteiger charge is 2.14. The molecule has 0 aromatic heterocycles. The van der Waals surface area contributed by atoms with E-state index in [4.69, 9.17) is 33.0 Å². The maximum absolute atomic E-state index is 8.79. The van der Waals surface area contributed by atoms with Gasteiger partial charge in [0, 0.05) is 35.7 Å². The van der Waals surface area contributed by atoms with Crippen LogP contribution < -0.4 is 10.1 Å². The van der Waals surface area contributed by atoms with Crippen LogP contribution in [0.25, 0.3) is 0 Å². The number of benzene rings is 1. The van der Waals surface area contributed by atoms with E-state index in [1.807, 2.05) is 6.07 Å². The van der Waals surface area contributed by atoms with Gasteiger partial charge in [-0.25, -0.2) is 0 Å². The molecule has 0 bridgehead atoms. The molecule has 108 valence electrons. The average Bonchev–Trinajstić information content (AvgIpc) is 2.28. The van der Waals surface area contributed by atoms with Crippen molar-refractivity contribution in [2.45, 2.75) is 39.3 Å². The van der Waals surface area contributed by atoms with Gasteiger partial charge in [0.05, 0.1) is 11.6 Å². The van der Waals surface area contributed by atoms with E-state index >= 15 is 0 Å². The van der Waals surface area contributed by atoms with E-state index in [0.717, 1.165) is 5.56 Å². The maximum atomic E-state index is 8.79. The van der Waals surface area contributed by atoms with Crippen molar-refractivity contribution in [1.82, 2.24) is 5.32 Å². The zero-order valence-corrected chi connectivity index (χ0v) is 13.1. The van der Waals surface area contributed by atoms with Crippen molar-refractivity contribution in [3.8, 4) is 5.75 Å². The molecule has 1 aromatic rings. The summed E-state index contributed by atoms with van der Waals surface area (Å²) in [5.41, 5.74) is 0.919. The van der Waals surface area contributed by atoms with Crippen molar-refractivity contribution in [3.63, 3.8) is 0 Å². The van der Waals surface area contributed by atoms with E-state index in [1.165, 1.54) is 0 Å². The van der Waals surface area contributed by atoms with Gasteiger partial charge in [-0.15, -0.1) is 0 Å². The number of nitrogens with one attached hydrogen (secondary N) is 1. The number of aliphatic hydroxyl groups excluding tert-OH is 1. The summed E-state index contributed by atoms with van der Waals surface area (Å²) in [6.07, 6.45) is 0.574. The van der Waals surface area contributed by atoms with Gasteiger partial charge < -0.3 is 15.2 Å². The highest BCUT2D eigenvalue weighted by molar-refractivity contribution is 6.35. The SMILES string of the molecule is CC(C)(C)NCc1cc(Cl)cc(Cl)c1OCCCO. The van der Waals surface area contributed by atoms with Gasteiger partial charge in [0.2, 0.25) is 0 Å². The average molecular weight is 306 g/mol. The molecule has 0 aliphatic carbocycles. The third-order valence-corrected chi connectivity index (χ3v) is 2.94. The van der Waals surface area contributed by atoms with Crippen molar-refractivity contribution in [3.05, 3.63) is 27.7 Å². The Kier molecular flexibility index (Phi) is 6.40. The first kappa shape index (κ1) is 16.6. The summed E-state index contributed by atoms with van der Waals surface area (Å²) in [5, 5.41) is 13.3. The van der Waals surface area contributed by atoms with Gasteiger partial charge in [-0.3, -0.25) is 0 Å². The maximum Gasteiger partial charge on any atom is 0.142 e. The Morgan fingerprint density at radius 1 is 1.26 bits per heavy atom. The van der Waals surface area contributed by atoms with Crippen LogP contribution in [0, 0.1) is 0 Å². The molecule has 0 saturated heterocycles. The summed E-state index contributed by atoms with van der Waals surface area (Å²) in [5.74, 6) is 0.635. The van der Waals surface area contributed by atoms with Crippen molar-refractivity contribution in [2.24, 2.45) is 0 Å². The van der Waals surface area contributed by atoms with Crippen molar-refractivity contribution < 1.29 is 9.84 Å². The monoisotopic (exact) mass is 305 g/mol. The number of hydrogen-bond acceptors (Lipinski definition) is 3. The first-order valence-electron chi connectivity index (χ1n) is 6.30. The quantitative estimate of drug-likeness (QED) is 0.788. The van der Waals surface area contributed by atoms with Crippen LogP contribution in [0.2, 0.25) is 10.0 Å². The molecule has 0 unspecified atom stereocenters. The normalized spacial score (nSPS) is 11.7. The van der Waals surface area contributed by atoms with Crippen molar-refractivity contribution in [1.29, 1.82) is 0 Å². The number of ether oxygens (including phenoxy) is 1. The summed E-state index contributed by atoms with van der Waals surface area (Å²) in [4.78, 5) is 0. The lowest BCUT2D eigenvalue weighted by Crippen LogP contribution is -2.35. The number of halogens is 2. The first-order chi connectivity index (χ1) is 8.83. The lowest BCUT2D eigenvalue weighted by Gasteiger charge is -2.22. The molecule has 0 aliphatic heterocycles. The summed E-state index contributed by atoms with van der Waals surface area (Å²) in [6.45, 7) is 7.42. The van der Waals surface area contributed by atoms with Crippen LogP contribution in [0.3, 0.4) is 0 Å². The molecule has 0 amide bonds. The Bertz CT molecular complexity index is 417. The summed E-state index contributed by atoms with van der Waals surface area (Å²) in [7, 11) is 0. The summed E-state index contributed by atoms with van der Waals surface area (Å²) >= 11 is 12.2. The van der Waals surface area contributed by atoms with E-state index in [2.05, 4.69) is 26.1 Å². The van der Waals surface area contributed by atoms with Crippen LogP contribution in [0.1, 0.15) is 32.8 Å². The van der Waals surface area contributed by atoms with E-state index in [1.54, 1.807) is 6.07 Å². The van der Waals surface area contributed by atoms with Gasteiger partial charge in [0.1, 0.15) is 5.75 Å². The first-order valence-corrected chi connectivity index (χ1v) is 7.05. The second-order valence-electron chi connectivity index (χ2n) is 5.41. The fraction of sp³-hybridized carbons (Fsp3) is 0.571. The Morgan fingerprint density at radius 2 is 1.95 bits per heavy atom. The molecule has 0 heterocycles. The van der Waals surface area contributed by atoms with E-state index in [-0.39, 0.29) is 12.1 Å². The van der Waals surface area contributed by atoms with Gasteiger partial charge in [-0.2, -0.15) is 0 Å². The lowest BCUT2D eigenvalue weighted by molar-refractivity contribution is 0.232. The third-order valence-electron chi connectivity index (χ3n) is 2.44. The van der Waals surface area contributed by atoms with E-state index in [9.17, 15) is 0 Å². The molecule has 1 rings (SSSR count). The Labute approximate surface area is 124 Å². The van der Waals surface area contributed by atoms with E-state index in [0.29, 0.717) is 35.4 Å². The molecule has 0 radical (unpaired) electrons. The lowest BCUT2D eigenvalue weighted by atomic mass is 10.1. The highest BCUT2D eigenvalue weighted by atomic mass is 35.5. The zero-order chi connectivity index (χ0) is 14.5. The molecule has 3 nitrogen and oxygen atoms in total. The van der Waals surface area contributed by atoms with Gasteiger partial charge in [0.15, 0.2) is 0 Å². The molecular weight excluding hydrogens is 285 g/mol. The van der Waals surface area contributed by atoms with Gasteiger partial charge in [-0.05, 0) is 32.9 Å². The van der Waals surface area contributed by atoms with Crippen LogP contribution in [-0.4, -0.2) is 23.9 Å². The number of rotatable bonds is 6. The second-order valence-corrected chi connectivity index (χ2v) is 6.25. The van der Waals surface area contributed by atoms with Gasteiger partial charge >= 0.3 is 0 Å². The van der Waals surface area contributed by atoms with Crippen molar-refractivity contribution in [2.75, 3.05) is 13.2 Å². The van der Waals surface area contributed by atoms with Gasteiger partial charge in [0.25, 0.3) is 0 Å². The molecule has 19 heavy (non-hydrogen) atoms. The standard InChI is InChI=1S/C14H21Cl2NO2/c1-14(2,3)17-9-10-7-11(15)8-12(16)13(10)19-6-4-5-18/h7-8,17-18H,4-6,9H2,1-3H3. The molecule has 0 aliphatic rings. The number of hydrogen-bond donors (Lipinski definition) is 2. The van der Waals surface area contributed by atoms with Crippen LogP contribution in [0.15, 0.2) is 12.1 Å². The van der Waals surface area contributed by atoms with Crippen LogP contribution in [0.4, 0.5) is 0 Å². The molecule has 0 atom stereocenters. The molecule has 2 N–H and O–H groups in total. The fourth-order valence-corrected chi connectivity index (χ4v) is 2.10. The molecule has 0 fully saturated rings. The summed E-state index contributed by atoms with van der Waals surface area (Å²) in [6, 6.07) is 3.51. The van der Waals surface area contributed by atoms with Crippen LogP contribution in [0.5, 0.6) is 5.75 Å². The molecule has 1 aromatic carbocycles. The van der Waals surface area contributed by atoms with Crippen molar-refractivity contribution >= 4 is 23.2 Å². The topological polar surface area (TPSA) is 41.5 Å². The largest absolute Gasteiger partial charge is 0.492 e. The molecule has 0 spiro atoms. The Hall–Kier alpha value is -0.480. The third kappa shape index (κ3) is 6.00. The minimum absolute atomic E-state index is 0.00282. The predicted molar refractivity (Wildman–Crippen MR) is 80.3 cm³/mol. The Balaban J connectivity index is 2.86. The summed E-state index contributed by atoms with van der Waals surface area (Å²) < 4.78 is 5.64. The Morgan fingerprint density at radius 3 is 2.53 bits per heavy atom. The van der Waals surface area contributed by atoms with Crippen LogP contribution >= 0.6 is 23.2 Å². The van der Waals surface area contributed by atoms with Crippen LogP contribution in [-0.2, 0) is 6.54 Å². The second kappa shape index (κ2) is 7.34. The minimum Gasteiger partial charge on any atom is -0.492 e. The molecular formula is C14H21Cl2NO2. The van der Waals surface area contributed by atoms with E-state index < -0.39 is 0 Å².